The first-order valence-electron chi connectivity index (χ1n) is 4.12. The van der Waals surface area contributed by atoms with Crippen LogP contribution in [0.15, 0.2) is 24.2 Å². The molecule has 4 heteroatoms. The number of rotatable bonds is 7. The van der Waals surface area contributed by atoms with Crippen LogP contribution in [-0.2, 0) is 4.84 Å². The van der Waals surface area contributed by atoms with Gasteiger partial charge in [0, 0.05) is 0 Å². The lowest BCUT2D eigenvalue weighted by Gasteiger charge is -2.00. The Hall–Kier alpha value is -0.575. The van der Waals surface area contributed by atoms with E-state index < -0.39 is 0 Å². The van der Waals surface area contributed by atoms with Gasteiger partial charge in [0.05, 0.1) is 6.61 Å². The molecule has 68 valence electrons. The minimum atomic E-state index is 0.527. The Labute approximate surface area is 74.4 Å². The Kier molecular flexibility index (Phi) is 8.11. The fourth-order valence-electron chi connectivity index (χ4n) is 0.891. The van der Waals surface area contributed by atoms with E-state index in [1.54, 1.807) is 5.64 Å². The van der Waals surface area contributed by atoms with Crippen molar-refractivity contribution in [3.05, 3.63) is 24.2 Å². The first-order valence-corrected chi connectivity index (χ1v) is 4.12. The van der Waals surface area contributed by atoms with Crippen molar-refractivity contribution in [2.24, 2.45) is 0 Å². The molecule has 0 rings (SSSR count). The number of hydrogen-bond acceptors (Lipinski definition) is 3. The lowest BCUT2D eigenvalue weighted by atomic mass is 10.1. The highest BCUT2D eigenvalue weighted by Crippen LogP contribution is 2.05. The zero-order valence-corrected chi connectivity index (χ0v) is 7.55. The minimum Gasteiger partial charge on any atom is -0.292 e. The lowest BCUT2D eigenvalue weighted by Crippen LogP contribution is -2.08. The van der Waals surface area contributed by atoms with Crippen molar-refractivity contribution in [1.29, 1.82) is 0 Å². The summed E-state index contributed by atoms with van der Waals surface area (Å²) in [4.78, 5) is 4.53. The molecule has 0 radical (unpaired) electrons. The van der Waals surface area contributed by atoms with Gasteiger partial charge < -0.3 is 0 Å². The third-order valence-electron chi connectivity index (χ3n) is 1.46. The molecule has 0 spiro atoms. The molecule has 3 nitrogen and oxygen atoms in total. The van der Waals surface area contributed by atoms with E-state index in [9.17, 15) is 0 Å². The van der Waals surface area contributed by atoms with Crippen LogP contribution in [0.5, 0.6) is 0 Å². The van der Waals surface area contributed by atoms with E-state index in [4.69, 9.17) is 5.21 Å². The number of hydrogen-bond donors (Lipinski definition) is 2. The fourth-order valence-corrected chi connectivity index (χ4v) is 0.891. The second-order valence-electron chi connectivity index (χ2n) is 2.56. The predicted octanol–water partition coefficient (Wildman–Crippen LogP) is 0.770. The Morgan fingerprint density at radius 2 is 2.33 bits per heavy atom. The molecule has 0 bridgehead atoms. The summed E-state index contributed by atoms with van der Waals surface area (Å²) in [5, 5.41) is 8.06. The maximum absolute atomic E-state index is 8.06. The number of allylic oxidation sites excluding steroid dienone is 2. The molecule has 2 N–H and O–H groups in total. The van der Waals surface area contributed by atoms with Crippen LogP contribution in [0.4, 0.5) is 0 Å². The third kappa shape index (κ3) is 7.53. The standard InChI is InChI=1S/C8H16BNO2/c1-8(5-6-9)4-2-3-7-12-10-11/h5-6,10-11H,1-4,7,9H2/b6-5+. The molecule has 0 aliphatic rings. The van der Waals surface area contributed by atoms with E-state index in [0.717, 1.165) is 24.8 Å². The molecule has 0 fully saturated rings. The van der Waals surface area contributed by atoms with Crippen molar-refractivity contribution >= 4 is 7.85 Å². The quantitative estimate of drug-likeness (QED) is 0.256. The Morgan fingerprint density at radius 1 is 1.58 bits per heavy atom. The van der Waals surface area contributed by atoms with Crippen LogP contribution in [0.2, 0.25) is 0 Å². The SMILES string of the molecule is B/C=C/C(=C)CCCCONO. The zero-order valence-electron chi connectivity index (χ0n) is 7.55. The maximum atomic E-state index is 8.06. The Bertz CT molecular complexity index is 148. The van der Waals surface area contributed by atoms with E-state index in [1.807, 2.05) is 19.9 Å². The van der Waals surface area contributed by atoms with Gasteiger partial charge in [0.1, 0.15) is 7.85 Å². The summed E-state index contributed by atoms with van der Waals surface area (Å²) in [6.07, 6.45) is 4.94. The second kappa shape index (κ2) is 8.52. The average Bonchev–Trinajstić information content (AvgIpc) is 2.05. The summed E-state index contributed by atoms with van der Waals surface area (Å²) < 4.78 is 0. The van der Waals surface area contributed by atoms with Crippen molar-refractivity contribution in [2.75, 3.05) is 6.61 Å². The van der Waals surface area contributed by atoms with E-state index in [2.05, 4.69) is 11.4 Å². The van der Waals surface area contributed by atoms with Crippen molar-refractivity contribution in [3.63, 3.8) is 0 Å². The van der Waals surface area contributed by atoms with Gasteiger partial charge in [-0.3, -0.25) is 10.0 Å². The molecule has 0 saturated heterocycles. The topological polar surface area (TPSA) is 41.5 Å². The normalized spacial score (nSPS) is 10.8. The highest BCUT2D eigenvalue weighted by Gasteiger charge is 1.90. The molecule has 0 saturated carbocycles. The summed E-state index contributed by atoms with van der Waals surface area (Å²) in [5.41, 5.74) is 2.78. The van der Waals surface area contributed by atoms with E-state index in [-0.39, 0.29) is 0 Å². The summed E-state index contributed by atoms with van der Waals surface area (Å²) >= 11 is 0. The molecular weight excluding hydrogens is 153 g/mol. The molecule has 12 heavy (non-hydrogen) atoms. The predicted molar refractivity (Wildman–Crippen MR) is 51.5 cm³/mol. The minimum absolute atomic E-state index is 0.527. The average molecular weight is 169 g/mol. The Balaban J connectivity index is 3.14. The molecule has 0 aromatic heterocycles. The van der Waals surface area contributed by atoms with Gasteiger partial charge in [0.15, 0.2) is 0 Å². The molecule has 0 aliphatic heterocycles. The number of nitrogens with one attached hydrogen (secondary N) is 1. The summed E-state index contributed by atoms with van der Waals surface area (Å²) in [7, 11) is 1.98. The smallest absolute Gasteiger partial charge is 0.129 e. The van der Waals surface area contributed by atoms with Crippen LogP contribution in [0.25, 0.3) is 0 Å². The van der Waals surface area contributed by atoms with Crippen LogP contribution in [-0.4, -0.2) is 19.7 Å². The zero-order chi connectivity index (χ0) is 9.23. The van der Waals surface area contributed by atoms with Crippen LogP contribution < -0.4 is 5.64 Å². The van der Waals surface area contributed by atoms with Crippen LogP contribution in [0.3, 0.4) is 0 Å². The van der Waals surface area contributed by atoms with Gasteiger partial charge in [-0.25, -0.2) is 0 Å². The number of unbranched alkanes of at least 4 members (excludes halogenated alkanes) is 1. The maximum Gasteiger partial charge on any atom is 0.129 e. The first kappa shape index (κ1) is 11.4. The first-order chi connectivity index (χ1) is 5.81. The second-order valence-corrected chi connectivity index (χ2v) is 2.56. The van der Waals surface area contributed by atoms with E-state index in [1.165, 1.54) is 0 Å². The summed E-state index contributed by atoms with van der Waals surface area (Å²) in [6.45, 7) is 4.40. The lowest BCUT2D eigenvalue weighted by molar-refractivity contribution is -0.127. The molecule has 0 aromatic carbocycles. The van der Waals surface area contributed by atoms with Gasteiger partial charge in [-0.05, 0) is 19.3 Å². The van der Waals surface area contributed by atoms with Crippen molar-refractivity contribution in [1.82, 2.24) is 5.64 Å². The molecule has 0 heterocycles. The molecule has 0 aromatic rings. The van der Waals surface area contributed by atoms with Gasteiger partial charge >= 0.3 is 0 Å². The molecular formula is C8H16BNO2. The van der Waals surface area contributed by atoms with E-state index >= 15 is 0 Å². The molecule has 0 aliphatic carbocycles. The van der Waals surface area contributed by atoms with Gasteiger partial charge in [0.2, 0.25) is 0 Å². The highest BCUT2D eigenvalue weighted by molar-refractivity contribution is 6.17. The monoisotopic (exact) mass is 169 g/mol. The van der Waals surface area contributed by atoms with Crippen LogP contribution >= 0.6 is 0 Å². The van der Waals surface area contributed by atoms with Gasteiger partial charge in [-0.2, -0.15) is 0 Å². The van der Waals surface area contributed by atoms with Crippen LogP contribution in [0.1, 0.15) is 19.3 Å². The van der Waals surface area contributed by atoms with Crippen LogP contribution in [0, 0.1) is 0 Å². The molecule has 0 unspecified atom stereocenters. The summed E-state index contributed by atoms with van der Waals surface area (Å²) in [5.74, 6) is 1.98. The van der Waals surface area contributed by atoms with Crippen molar-refractivity contribution in [3.8, 4) is 0 Å². The Morgan fingerprint density at radius 3 is 2.92 bits per heavy atom. The van der Waals surface area contributed by atoms with Crippen molar-refractivity contribution < 1.29 is 10.0 Å². The van der Waals surface area contributed by atoms with Gasteiger partial charge in [0.25, 0.3) is 0 Å². The van der Waals surface area contributed by atoms with Gasteiger partial charge in [-0.15, -0.1) is 5.98 Å². The third-order valence-corrected chi connectivity index (χ3v) is 1.46. The highest BCUT2D eigenvalue weighted by atomic mass is 16.8. The fraction of sp³-hybridized carbons (Fsp3) is 0.500. The van der Waals surface area contributed by atoms with Gasteiger partial charge in [-0.1, -0.05) is 23.9 Å². The molecule has 0 amide bonds. The molecule has 0 atom stereocenters. The largest absolute Gasteiger partial charge is 0.292 e. The van der Waals surface area contributed by atoms with E-state index in [0.29, 0.717) is 6.61 Å². The van der Waals surface area contributed by atoms with Crippen molar-refractivity contribution in [2.45, 2.75) is 19.3 Å². The summed E-state index contributed by atoms with van der Waals surface area (Å²) in [6, 6.07) is 0.